The van der Waals surface area contributed by atoms with Gasteiger partial charge in [0.05, 0.1) is 7.11 Å². The number of rotatable bonds is 6. The Bertz CT molecular complexity index is 309. The van der Waals surface area contributed by atoms with Crippen LogP contribution in [-0.4, -0.2) is 13.7 Å². The third kappa shape index (κ3) is 3.10. The van der Waals surface area contributed by atoms with Crippen LogP contribution in [0.3, 0.4) is 0 Å². The van der Waals surface area contributed by atoms with Gasteiger partial charge in [0.25, 0.3) is 0 Å². The van der Waals surface area contributed by atoms with Gasteiger partial charge in [-0.05, 0) is 19.0 Å². The van der Waals surface area contributed by atoms with E-state index >= 15 is 0 Å². The van der Waals surface area contributed by atoms with Crippen molar-refractivity contribution in [2.24, 2.45) is 0 Å². The molecule has 0 spiro atoms. The van der Waals surface area contributed by atoms with Crippen LogP contribution >= 0.6 is 0 Å². The first-order chi connectivity index (χ1) is 7.33. The highest BCUT2D eigenvalue weighted by atomic mass is 16.5. The highest BCUT2D eigenvalue weighted by Gasteiger charge is 2.12. The summed E-state index contributed by atoms with van der Waals surface area (Å²) in [4.78, 5) is 0. The zero-order chi connectivity index (χ0) is 11.1. The van der Waals surface area contributed by atoms with Crippen molar-refractivity contribution in [2.75, 3.05) is 13.7 Å². The Kier molecular flexibility index (Phi) is 4.91. The molecule has 1 aromatic rings. The molecule has 1 atom stereocenters. The van der Waals surface area contributed by atoms with E-state index in [1.165, 1.54) is 5.56 Å². The van der Waals surface area contributed by atoms with Crippen LogP contribution in [0.25, 0.3) is 0 Å². The van der Waals surface area contributed by atoms with Crippen molar-refractivity contribution in [3.05, 3.63) is 42.5 Å². The van der Waals surface area contributed by atoms with Gasteiger partial charge in [-0.25, -0.2) is 0 Å². The summed E-state index contributed by atoms with van der Waals surface area (Å²) in [5.74, 6) is 0.935. The molecule has 82 valence electrons. The SMILES string of the molecule is C=CCC(NCC)c1ccccc1OC. The molecule has 15 heavy (non-hydrogen) atoms. The summed E-state index contributed by atoms with van der Waals surface area (Å²) in [6.07, 6.45) is 2.84. The molecule has 0 bridgehead atoms. The Labute approximate surface area is 92.0 Å². The molecule has 1 unspecified atom stereocenters. The third-order valence-electron chi connectivity index (χ3n) is 2.37. The van der Waals surface area contributed by atoms with Gasteiger partial charge in [0, 0.05) is 11.6 Å². The Morgan fingerprint density at radius 2 is 2.20 bits per heavy atom. The lowest BCUT2D eigenvalue weighted by Crippen LogP contribution is -2.20. The van der Waals surface area contributed by atoms with E-state index in [-0.39, 0.29) is 0 Å². The molecule has 0 heterocycles. The van der Waals surface area contributed by atoms with Crippen molar-refractivity contribution in [3.63, 3.8) is 0 Å². The summed E-state index contributed by atoms with van der Waals surface area (Å²) in [5.41, 5.74) is 1.20. The largest absolute Gasteiger partial charge is 0.496 e. The average molecular weight is 205 g/mol. The fourth-order valence-electron chi connectivity index (χ4n) is 1.69. The van der Waals surface area contributed by atoms with Gasteiger partial charge in [0.2, 0.25) is 0 Å². The molecule has 1 rings (SSSR count). The van der Waals surface area contributed by atoms with Crippen LogP contribution in [0.2, 0.25) is 0 Å². The van der Waals surface area contributed by atoms with Crippen molar-refractivity contribution in [3.8, 4) is 5.75 Å². The molecule has 0 aliphatic heterocycles. The summed E-state index contributed by atoms with van der Waals surface area (Å²) in [5, 5.41) is 3.42. The second-order valence-electron chi connectivity index (χ2n) is 3.38. The van der Waals surface area contributed by atoms with E-state index in [4.69, 9.17) is 4.74 Å². The van der Waals surface area contributed by atoms with Gasteiger partial charge < -0.3 is 10.1 Å². The molecule has 1 aromatic carbocycles. The van der Waals surface area contributed by atoms with Crippen LogP contribution < -0.4 is 10.1 Å². The summed E-state index contributed by atoms with van der Waals surface area (Å²) in [7, 11) is 1.70. The first-order valence-electron chi connectivity index (χ1n) is 5.30. The lowest BCUT2D eigenvalue weighted by molar-refractivity contribution is 0.400. The molecular weight excluding hydrogens is 186 g/mol. The maximum Gasteiger partial charge on any atom is 0.123 e. The van der Waals surface area contributed by atoms with E-state index in [0.717, 1.165) is 18.7 Å². The van der Waals surface area contributed by atoms with Gasteiger partial charge in [0.1, 0.15) is 5.75 Å². The minimum atomic E-state index is 0.295. The van der Waals surface area contributed by atoms with Gasteiger partial charge in [-0.1, -0.05) is 31.2 Å². The van der Waals surface area contributed by atoms with Crippen LogP contribution in [0.5, 0.6) is 5.75 Å². The van der Waals surface area contributed by atoms with Crippen molar-refractivity contribution in [1.82, 2.24) is 5.32 Å². The lowest BCUT2D eigenvalue weighted by atomic mass is 10.0. The van der Waals surface area contributed by atoms with E-state index in [0.29, 0.717) is 6.04 Å². The fraction of sp³-hybridized carbons (Fsp3) is 0.385. The number of hydrogen-bond donors (Lipinski definition) is 1. The first-order valence-corrected chi connectivity index (χ1v) is 5.30. The molecule has 2 nitrogen and oxygen atoms in total. The molecule has 0 saturated carbocycles. The average Bonchev–Trinajstić information content (AvgIpc) is 2.29. The minimum absolute atomic E-state index is 0.295. The molecule has 0 aromatic heterocycles. The Morgan fingerprint density at radius 1 is 1.47 bits per heavy atom. The van der Waals surface area contributed by atoms with Crippen molar-refractivity contribution >= 4 is 0 Å². The zero-order valence-electron chi connectivity index (χ0n) is 9.49. The number of hydrogen-bond acceptors (Lipinski definition) is 2. The standard InChI is InChI=1S/C13H19NO/c1-4-8-12(14-5-2)11-9-6-7-10-13(11)15-3/h4,6-7,9-10,12,14H,1,5,8H2,2-3H3. The van der Waals surface area contributed by atoms with E-state index in [1.54, 1.807) is 7.11 Å². The highest BCUT2D eigenvalue weighted by molar-refractivity contribution is 5.36. The Morgan fingerprint density at radius 3 is 2.80 bits per heavy atom. The maximum absolute atomic E-state index is 5.34. The minimum Gasteiger partial charge on any atom is -0.496 e. The molecule has 0 radical (unpaired) electrons. The number of para-hydroxylation sites is 1. The van der Waals surface area contributed by atoms with Gasteiger partial charge in [0.15, 0.2) is 0 Å². The normalized spacial score (nSPS) is 12.1. The van der Waals surface area contributed by atoms with Crippen LogP contribution in [-0.2, 0) is 0 Å². The smallest absolute Gasteiger partial charge is 0.123 e. The van der Waals surface area contributed by atoms with Crippen LogP contribution in [0, 0.1) is 0 Å². The fourth-order valence-corrected chi connectivity index (χ4v) is 1.69. The third-order valence-corrected chi connectivity index (χ3v) is 2.37. The molecule has 0 fully saturated rings. The van der Waals surface area contributed by atoms with E-state index in [2.05, 4.69) is 24.9 Å². The monoisotopic (exact) mass is 205 g/mol. The number of methoxy groups -OCH3 is 1. The van der Waals surface area contributed by atoms with Crippen molar-refractivity contribution in [1.29, 1.82) is 0 Å². The zero-order valence-corrected chi connectivity index (χ0v) is 9.49. The van der Waals surface area contributed by atoms with E-state index < -0.39 is 0 Å². The number of benzene rings is 1. The van der Waals surface area contributed by atoms with Gasteiger partial charge in [-0.15, -0.1) is 6.58 Å². The first kappa shape index (κ1) is 11.8. The molecule has 2 heteroatoms. The van der Waals surface area contributed by atoms with E-state index in [9.17, 15) is 0 Å². The molecule has 0 aliphatic carbocycles. The summed E-state index contributed by atoms with van der Waals surface area (Å²) >= 11 is 0. The van der Waals surface area contributed by atoms with Crippen molar-refractivity contribution in [2.45, 2.75) is 19.4 Å². The Hall–Kier alpha value is -1.28. The van der Waals surface area contributed by atoms with Crippen LogP contribution in [0.1, 0.15) is 24.9 Å². The van der Waals surface area contributed by atoms with Gasteiger partial charge >= 0.3 is 0 Å². The topological polar surface area (TPSA) is 21.3 Å². The maximum atomic E-state index is 5.34. The second kappa shape index (κ2) is 6.25. The number of nitrogens with one attached hydrogen (secondary N) is 1. The predicted molar refractivity (Wildman–Crippen MR) is 64.2 cm³/mol. The molecule has 0 saturated heterocycles. The highest BCUT2D eigenvalue weighted by Crippen LogP contribution is 2.26. The van der Waals surface area contributed by atoms with Crippen molar-refractivity contribution < 1.29 is 4.74 Å². The quantitative estimate of drug-likeness (QED) is 0.721. The van der Waals surface area contributed by atoms with Gasteiger partial charge in [-0.3, -0.25) is 0 Å². The lowest BCUT2D eigenvalue weighted by Gasteiger charge is -2.19. The summed E-state index contributed by atoms with van der Waals surface area (Å²) in [6.45, 7) is 6.83. The molecule has 0 amide bonds. The second-order valence-corrected chi connectivity index (χ2v) is 3.38. The summed E-state index contributed by atoms with van der Waals surface area (Å²) in [6, 6.07) is 8.40. The van der Waals surface area contributed by atoms with Crippen LogP contribution in [0.15, 0.2) is 36.9 Å². The number of ether oxygens (including phenoxy) is 1. The molecule has 1 N–H and O–H groups in total. The van der Waals surface area contributed by atoms with Gasteiger partial charge in [-0.2, -0.15) is 0 Å². The Balaban J connectivity index is 2.92. The van der Waals surface area contributed by atoms with E-state index in [1.807, 2.05) is 24.3 Å². The summed E-state index contributed by atoms with van der Waals surface area (Å²) < 4.78 is 5.34. The predicted octanol–water partition coefficient (Wildman–Crippen LogP) is 2.92. The molecular formula is C13H19NO. The van der Waals surface area contributed by atoms with Crippen LogP contribution in [0.4, 0.5) is 0 Å². The molecule has 0 aliphatic rings.